The van der Waals surface area contributed by atoms with Crippen LogP contribution in [0.5, 0.6) is 0 Å². The van der Waals surface area contributed by atoms with Crippen molar-refractivity contribution in [1.29, 1.82) is 0 Å². The van der Waals surface area contributed by atoms with E-state index < -0.39 is 0 Å². The monoisotopic (exact) mass is 208 g/mol. The Hall–Kier alpha value is -0.160. The summed E-state index contributed by atoms with van der Waals surface area (Å²) in [6.45, 7) is 11.4. The third-order valence-corrected chi connectivity index (χ3v) is 4.79. The van der Waals surface area contributed by atoms with Crippen LogP contribution in [0.15, 0.2) is 0 Å². The molecule has 0 aromatic rings. The van der Waals surface area contributed by atoms with E-state index >= 15 is 0 Å². The Kier molecular flexibility index (Phi) is 1.75. The molecule has 4 heteroatoms. The van der Waals surface area contributed by atoms with Crippen molar-refractivity contribution in [2.24, 2.45) is 0 Å². The Labute approximate surface area is 91.4 Å². The first-order chi connectivity index (χ1) is 7.34. The normalized spacial score (nSPS) is 47.4. The van der Waals surface area contributed by atoms with Gasteiger partial charge in [-0.15, -0.1) is 0 Å². The van der Waals surface area contributed by atoms with E-state index in [4.69, 9.17) is 0 Å². The molecule has 0 aliphatic carbocycles. The van der Waals surface area contributed by atoms with Crippen molar-refractivity contribution in [3.05, 3.63) is 0 Å². The van der Waals surface area contributed by atoms with E-state index in [9.17, 15) is 0 Å². The van der Waals surface area contributed by atoms with Gasteiger partial charge in [0.15, 0.2) is 0 Å². The quantitative estimate of drug-likeness (QED) is 0.521. The molecular formula is C11H20N4. The standard InChI is InChI=1S/C11H20N4/c1-9-8-14-5-4-12-2-3-13-6-7-15(9)11(14)10(12)13/h9-11H,2-8H2,1H3. The molecule has 0 spiro atoms. The summed E-state index contributed by atoms with van der Waals surface area (Å²) >= 11 is 0. The van der Waals surface area contributed by atoms with Gasteiger partial charge >= 0.3 is 0 Å². The molecule has 0 saturated carbocycles. The zero-order chi connectivity index (χ0) is 9.99. The van der Waals surface area contributed by atoms with Gasteiger partial charge in [-0.3, -0.25) is 19.6 Å². The van der Waals surface area contributed by atoms with Gasteiger partial charge in [0.2, 0.25) is 0 Å². The Balaban J connectivity index is 1.72. The average molecular weight is 208 g/mol. The predicted octanol–water partition coefficient (Wildman–Crippen LogP) is -0.710. The lowest BCUT2D eigenvalue weighted by Gasteiger charge is -2.50. The maximum Gasteiger partial charge on any atom is 0.0925 e. The topological polar surface area (TPSA) is 13.0 Å². The molecule has 4 heterocycles. The maximum absolute atomic E-state index is 2.73. The highest BCUT2D eigenvalue weighted by Crippen LogP contribution is 2.35. The summed E-state index contributed by atoms with van der Waals surface area (Å²) in [5.74, 6) is 0. The molecule has 0 amide bonds. The van der Waals surface area contributed by atoms with Crippen molar-refractivity contribution in [2.45, 2.75) is 25.3 Å². The van der Waals surface area contributed by atoms with Crippen LogP contribution in [0.25, 0.3) is 0 Å². The van der Waals surface area contributed by atoms with Crippen LogP contribution in [-0.2, 0) is 0 Å². The van der Waals surface area contributed by atoms with Gasteiger partial charge in [-0.25, -0.2) is 0 Å². The third-order valence-electron chi connectivity index (χ3n) is 4.79. The minimum atomic E-state index is 0.713. The molecule has 0 aromatic carbocycles. The summed E-state index contributed by atoms with van der Waals surface area (Å²) in [5, 5.41) is 0. The Bertz CT molecular complexity index is 276. The van der Waals surface area contributed by atoms with E-state index in [0.29, 0.717) is 6.17 Å². The van der Waals surface area contributed by atoms with Crippen LogP contribution in [0, 0.1) is 0 Å². The highest BCUT2D eigenvalue weighted by molar-refractivity contribution is 5.04. The van der Waals surface area contributed by atoms with Gasteiger partial charge in [0.25, 0.3) is 0 Å². The van der Waals surface area contributed by atoms with Gasteiger partial charge < -0.3 is 0 Å². The molecule has 3 unspecified atom stereocenters. The van der Waals surface area contributed by atoms with Crippen LogP contribution in [0.4, 0.5) is 0 Å². The SMILES string of the molecule is CC1CN2CCN3CCN4CCN1C2C34. The molecule has 4 fully saturated rings. The van der Waals surface area contributed by atoms with E-state index in [0.717, 1.165) is 12.2 Å². The lowest BCUT2D eigenvalue weighted by Crippen LogP contribution is -2.67. The largest absolute Gasteiger partial charge is 0.283 e. The Morgan fingerprint density at radius 2 is 1.33 bits per heavy atom. The van der Waals surface area contributed by atoms with E-state index in [-0.39, 0.29) is 0 Å². The summed E-state index contributed by atoms with van der Waals surface area (Å²) in [4.78, 5) is 10.8. The van der Waals surface area contributed by atoms with E-state index in [1.165, 1.54) is 45.8 Å². The lowest BCUT2D eigenvalue weighted by molar-refractivity contribution is -0.0791. The number of hydrogen-bond donors (Lipinski definition) is 0. The number of rotatable bonds is 0. The fourth-order valence-corrected chi connectivity index (χ4v) is 4.08. The van der Waals surface area contributed by atoms with E-state index in [1.807, 2.05) is 0 Å². The van der Waals surface area contributed by atoms with Gasteiger partial charge in [0.1, 0.15) is 0 Å². The average Bonchev–Trinajstić information content (AvgIpc) is 2.78. The zero-order valence-corrected chi connectivity index (χ0v) is 9.47. The molecular weight excluding hydrogens is 188 g/mol. The molecule has 4 aliphatic rings. The van der Waals surface area contributed by atoms with Gasteiger partial charge in [0, 0.05) is 51.9 Å². The molecule has 0 radical (unpaired) electrons. The zero-order valence-electron chi connectivity index (χ0n) is 9.47. The van der Waals surface area contributed by atoms with Crippen LogP contribution in [-0.4, -0.2) is 83.8 Å². The van der Waals surface area contributed by atoms with Gasteiger partial charge in [-0.2, -0.15) is 0 Å². The summed E-state index contributed by atoms with van der Waals surface area (Å²) in [7, 11) is 0. The van der Waals surface area contributed by atoms with Crippen LogP contribution >= 0.6 is 0 Å². The maximum atomic E-state index is 2.73. The Morgan fingerprint density at radius 1 is 0.733 bits per heavy atom. The summed E-state index contributed by atoms with van der Waals surface area (Å²) < 4.78 is 0. The van der Waals surface area contributed by atoms with Crippen molar-refractivity contribution in [3.63, 3.8) is 0 Å². The molecule has 0 N–H and O–H groups in total. The number of nitrogens with zero attached hydrogens (tertiary/aromatic N) is 4. The second-order valence-corrected chi connectivity index (χ2v) is 5.48. The van der Waals surface area contributed by atoms with Gasteiger partial charge in [-0.1, -0.05) is 0 Å². The minimum Gasteiger partial charge on any atom is -0.283 e. The molecule has 15 heavy (non-hydrogen) atoms. The van der Waals surface area contributed by atoms with Crippen molar-refractivity contribution in [1.82, 2.24) is 19.6 Å². The predicted molar refractivity (Wildman–Crippen MR) is 58.5 cm³/mol. The van der Waals surface area contributed by atoms with Crippen LogP contribution in [0.3, 0.4) is 0 Å². The van der Waals surface area contributed by atoms with Crippen LogP contribution in [0.2, 0.25) is 0 Å². The van der Waals surface area contributed by atoms with Crippen LogP contribution in [0.1, 0.15) is 6.92 Å². The molecule has 84 valence electrons. The highest BCUT2D eigenvalue weighted by atomic mass is 15.6. The van der Waals surface area contributed by atoms with Gasteiger partial charge in [-0.05, 0) is 6.92 Å². The van der Waals surface area contributed by atoms with Gasteiger partial charge in [0.05, 0.1) is 12.3 Å². The first-order valence-electron chi connectivity index (χ1n) is 6.32. The van der Waals surface area contributed by atoms with Crippen LogP contribution < -0.4 is 0 Å². The summed E-state index contributed by atoms with van der Waals surface area (Å²) in [5.41, 5.74) is 0. The molecule has 4 saturated heterocycles. The smallest absolute Gasteiger partial charge is 0.0925 e. The summed E-state index contributed by atoms with van der Waals surface area (Å²) in [6.07, 6.45) is 1.43. The first-order valence-corrected chi connectivity index (χ1v) is 6.32. The third kappa shape index (κ3) is 1.06. The van der Waals surface area contributed by atoms with Crippen molar-refractivity contribution < 1.29 is 0 Å². The molecule has 4 rings (SSSR count). The lowest BCUT2D eigenvalue weighted by atomic mass is 10.1. The number of piperazine rings is 2. The van der Waals surface area contributed by atoms with E-state index in [2.05, 4.69) is 26.5 Å². The van der Waals surface area contributed by atoms with Crippen molar-refractivity contribution in [3.8, 4) is 0 Å². The fraction of sp³-hybridized carbons (Fsp3) is 1.00. The molecule has 0 aromatic heterocycles. The van der Waals surface area contributed by atoms with Crippen molar-refractivity contribution >= 4 is 0 Å². The molecule has 4 aliphatic heterocycles. The molecule has 0 bridgehead atoms. The second kappa shape index (κ2) is 2.94. The molecule has 3 atom stereocenters. The summed E-state index contributed by atoms with van der Waals surface area (Å²) in [6, 6.07) is 0.776. The highest BCUT2D eigenvalue weighted by Gasteiger charge is 2.52. The Morgan fingerprint density at radius 3 is 2.07 bits per heavy atom. The van der Waals surface area contributed by atoms with Crippen molar-refractivity contribution in [2.75, 3.05) is 45.8 Å². The number of hydrogen-bond acceptors (Lipinski definition) is 4. The minimum absolute atomic E-state index is 0.713. The first kappa shape index (κ1) is 8.93. The van der Waals surface area contributed by atoms with E-state index in [1.54, 1.807) is 0 Å². The fourth-order valence-electron chi connectivity index (χ4n) is 4.08. The second-order valence-electron chi connectivity index (χ2n) is 5.48. The molecule has 4 nitrogen and oxygen atoms in total.